The highest BCUT2D eigenvalue weighted by molar-refractivity contribution is 6.00. The Labute approximate surface area is 137 Å². The molecule has 1 aromatic carbocycles. The number of aliphatic hydroxyl groups is 1. The fourth-order valence-corrected chi connectivity index (χ4v) is 2.78. The van der Waals surface area contributed by atoms with E-state index in [0.29, 0.717) is 11.2 Å². The number of pyridine rings is 1. The minimum absolute atomic E-state index is 0.205. The minimum Gasteiger partial charge on any atom is -0.442 e. The number of ether oxygens (including phenoxy) is 1. The molecule has 126 valence electrons. The Morgan fingerprint density at radius 2 is 2.12 bits per heavy atom. The number of aromatic nitrogens is 1. The van der Waals surface area contributed by atoms with Gasteiger partial charge in [-0.25, -0.2) is 4.79 Å². The van der Waals surface area contributed by atoms with Gasteiger partial charge < -0.3 is 15.2 Å². The number of rotatable bonds is 4. The lowest BCUT2D eigenvalue weighted by Gasteiger charge is -2.18. The molecule has 1 aromatic heterocycles. The van der Waals surface area contributed by atoms with Crippen molar-refractivity contribution in [2.75, 3.05) is 18.0 Å². The number of para-hydroxylation sites is 1. The first-order valence-electron chi connectivity index (χ1n) is 7.47. The van der Waals surface area contributed by atoms with E-state index in [-0.39, 0.29) is 24.6 Å². The topological polar surface area (TPSA) is 101 Å². The Morgan fingerprint density at radius 3 is 2.83 bits per heavy atom. The maximum atomic E-state index is 12.2. The van der Waals surface area contributed by atoms with Crippen LogP contribution in [0.4, 0.5) is 10.5 Å². The van der Waals surface area contributed by atoms with E-state index in [1.54, 1.807) is 24.3 Å². The van der Waals surface area contributed by atoms with E-state index in [0.717, 1.165) is 5.39 Å². The number of benzene rings is 1. The quantitative estimate of drug-likeness (QED) is 0.845. The van der Waals surface area contributed by atoms with Crippen LogP contribution in [0.25, 0.3) is 10.9 Å². The molecule has 0 aliphatic carbocycles. The second kappa shape index (κ2) is 6.32. The summed E-state index contributed by atoms with van der Waals surface area (Å²) >= 11 is 0. The molecule has 2 amide bonds. The molecule has 0 saturated carbocycles. The van der Waals surface area contributed by atoms with Gasteiger partial charge in [-0.3, -0.25) is 19.1 Å². The van der Waals surface area contributed by atoms with Gasteiger partial charge in [0, 0.05) is 18.4 Å². The van der Waals surface area contributed by atoms with E-state index in [1.165, 1.54) is 22.5 Å². The molecule has 0 radical (unpaired) electrons. The van der Waals surface area contributed by atoms with E-state index in [9.17, 15) is 19.5 Å². The van der Waals surface area contributed by atoms with Crippen LogP contribution in [0.15, 0.2) is 35.1 Å². The lowest BCUT2D eigenvalue weighted by atomic mass is 10.1. The third-order valence-electron chi connectivity index (χ3n) is 3.87. The Bertz CT molecular complexity index is 860. The van der Waals surface area contributed by atoms with Gasteiger partial charge >= 0.3 is 6.09 Å². The first kappa shape index (κ1) is 16.0. The zero-order chi connectivity index (χ0) is 17.3. The lowest BCUT2D eigenvalue weighted by molar-refractivity contribution is -0.119. The molecule has 1 atom stereocenters. The predicted molar refractivity (Wildman–Crippen MR) is 86.7 cm³/mol. The average molecular weight is 331 g/mol. The standard InChI is InChI=1S/C16H17N3O5/c1-10(21)17-7-12-8-18(16(23)24-12)13-4-2-3-11-5-6-14(22)19(9-20)15(11)13/h2-6,12,20H,7-9H2,1H3,(H,17,21)/t12-/m0/s1. The average Bonchev–Trinajstić information content (AvgIpc) is 2.93. The SMILES string of the molecule is CC(=O)NC[C@H]1CN(c2cccc3ccc(=O)n(CO)c23)C(=O)O1. The molecule has 0 spiro atoms. The molecular weight excluding hydrogens is 314 g/mol. The molecule has 2 aromatic rings. The van der Waals surface area contributed by atoms with E-state index < -0.39 is 18.9 Å². The van der Waals surface area contributed by atoms with Crippen LogP contribution in [0.3, 0.4) is 0 Å². The molecular formula is C16H17N3O5. The van der Waals surface area contributed by atoms with Crippen molar-refractivity contribution >= 4 is 28.6 Å². The first-order chi connectivity index (χ1) is 11.5. The normalized spacial score (nSPS) is 17.2. The molecule has 3 rings (SSSR count). The second-order valence-electron chi connectivity index (χ2n) is 5.51. The lowest BCUT2D eigenvalue weighted by Crippen LogP contribution is -2.33. The maximum absolute atomic E-state index is 12.2. The number of fused-ring (bicyclic) bond motifs is 1. The van der Waals surface area contributed by atoms with Gasteiger partial charge in [-0.05, 0) is 12.1 Å². The monoisotopic (exact) mass is 331 g/mol. The van der Waals surface area contributed by atoms with Crippen molar-refractivity contribution in [2.45, 2.75) is 19.8 Å². The van der Waals surface area contributed by atoms with Crippen LogP contribution in [0, 0.1) is 0 Å². The number of cyclic esters (lactones) is 1. The van der Waals surface area contributed by atoms with Gasteiger partial charge in [-0.15, -0.1) is 0 Å². The molecule has 2 heterocycles. The summed E-state index contributed by atoms with van der Waals surface area (Å²) in [6, 6.07) is 8.25. The second-order valence-corrected chi connectivity index (χ2v) is 5.51. The van der Waals surface area contributed by atoms with Gasteiger partial charge in [-0.1, -0.05) is 12.1 Å². The van der Waals surface area contributed by atoms with Gasteiger partial charge in [0.15, 0.2) is 0 Å². The Balaban J connectivity index is 2.00. The number of aliphatic hydroxyl groups excluding tert-OH is 1. The van der Waals surface area contributed by atoms with Crippen molar-refractivity contribution in [1.29, 1.82) is 0 Å². The molecule has 8 nitrogen and oxygen atoms in total. The molecule has 1 saturated heterocycles. The van der Waals surface area contributed by atoms with Crippen LogP contribution in [0.1, 0.15) is 6.92 Å². The van der Waals surface area contributed by atoms with E-state index >= 15 is 0 Å². The smallest absolute Gasteiger partial charge is 0.414 e. The number of nitrogens with zero attached hydrogens (tertiary/aromatic N) is 2. The van der Waals surface area contributed by atoms with Crippen LogP contribution in [0.2, 0.25) is 0 Å². The summed E-state index contributed by atoms with van der Waals surface area (Å²) in [5, 5.41) is 12.9. The highest BCUT2D eigenvalue weighted by atomic mass is 16.6. The Morgan fingerprint density at radius 1 is 1.33 bits per heavy atom. The van der Waals surface area contributed by atoms with Crippen molar-refractivity contribution < 1.29 is 19.4 Å². The van der Waals surface area contributed by atoms with E-state index in [1.807, 2.05) is 0 Å². The zero-order valence-electron chi connectivity index (χ0n) is 13.1. The van der Waals surface area contributed by atoms with E-state index in [2.05, 4.69) is 5.32 Å². The van der Waals surface area contributed by atoms with Crippen molar-refractivity contribution in [2.24, 2.45) is 0 Å². The maximum Gasteiger partial charge on any atom is 0.414 e. The Hall–Kier alpha value is -2.87. The summed E-state index contributed by atoms with van der Waals surface area (Å²) in [5.41, 5.74) is 0.582. The summed E-state index contributed by atoms with van der Waals surface area (Å²) in [4.78, 5) is 36.6. The summed E-state index contributed by atoms with van der Waals surface area (Å²) < 4.78 is 6.45. The van der Waals surface area contributed by atoms with Crippen molar-refractivity contribution in [1.82, 2.24) is 9.88 Å². The number of carbonyl (C=O) groups excluding carboxylic acids is 2. The summed E-state index contributed by atoms with van der Waals surface area (Å²) in [7, 11) is 0. The van der Waals surface area contributed by atoms with Gasteiger partial charge in [-0.2, -0.15) is 0 Å². The van der Waals surface area contributed by atoms with Gasteiger partial charge in [0.1, 0.15) is 12.8 Å². The van der Waals surface area contributed by atoms with E-state index in [4.69, 9.17) is 4.74 Å². The highest BCUT2D eigenvalue weighted by Gasteiger charge is 2.33. The number of amides is 2. The molecule has 0 bridgehead atoms. The van der Waals surface area contributed by atoms with Gasteiger partial charge in [0.25, 0.3) is 5.56 Å². The van der Waals surface area contributed by atoms with Crippen LogP contribution in [-0.4, -0.2) is 40.9 Å². The van der Waals surface area contributed by atoms with Crippen LogP contribution in [-0.2, 0) is 16.3 Å². The summed E-state index contributed by atoms with van der Waals surface area (Å²) in [6.45, 7) is 1.35. The molecule has 1 aliphatic heterocycles. The number of nitrogens with one attached hydrogen (secondary N) is 1. The molecule has 24 heavy (non-hydrogen) atoms. The number of anilines is 1. The third kappa shape index (κ3) is 2.83. The molecule has 0 unspecified atom stereocenters. The molecule has 2 N–H and O–H groups in total. The first-order valence-corrected chi connectivity index (χ1v) is 7.47. The number of hydrogen-bond donors (Lipinski definition) is 2. The largest absolute Gasteiger partial charge is 0.442 e. The molecule has 1 fully saturated rings. The third-order valence-corrected chi connectivity index (χ3v) is 3.87. The highest BCUT2D eigenvalue weighted by Crippen LogP contribution is 2.29. The zero-order valence-corrected chi connectivity index (χ0v) is 13.1. The van der Waals surface area contributed by atoms with Gasteiger partial charge in [0.05, 0.1) is 24.3 Å². The van der Waals surface area contributed by atoms with Crippen molar-refractivity contribution in [3.05, 3.63) is 40.7 Å². The minimum atomic E-state index is -0.557. The van der Waals surface area contributed by atoms with Crippen LogP contribution < -0.4 is 15.8 Å². The number of hydrogen-bond acceptors (Lipinski definition) is 5. The fourth-order valence-electron chi connectivity index (χ4n) is 2.78. The summed E-state index contributed by atoms with van der Waals surface area (Å²) in [6.07, 6.45) is -1.03. The van der Waals surface area contributed by atoms with Gasteiger partial charge in [0.2, 0.25) is 5.91 Å². The Kier molecular flexibility index (Phi) is 4.22. The van der Waals surface area contributed by atoms with Crippen LogP contribution >= 0.6 is 0 Å². The predicted octanol–water partition coefficient (Wildman–Crippen LogP) is 0.413. The van der Waals surface area contributed by atoms with Crippen molar-refractivity contribution in [3.63, 3.8) is 0 Å². The molecule has 1 aliphatic rings. The van der Waals surface area contributed by atoms with Crippen molar-refractivity contribution in [3.8, 4) is 0 Å². The number of carbonyl (C=O) groups is 2. The summed E-state index contributed by atoms with van der Waals surface area (Å²) in [5.74, 6) is -0.205. The van der Waals surface area contributed by atoms with Crippen LogP contribution in [0.5, 0.6) is 0 Å². The fraction of sp³-hybridized carbons (Fsp3) is 0.312. The molecule has 8 heteroatoms.